The van der Waals surface area contributed by atoms with Crippen LogP contribution in [-0.2, 0) is 4.79 Å². The summed E-state index contributed by atoms with van der Waals surface area (Å²) in [5, 5.41) is 12.3. The third-order valence-corrected chi connectivity index (χ3v) is 4.09. The molecule has 2 atom stereocenters. The third kappa shape index (κ3) is 3.88. The molecule has 1 aliphatic heterocycles. The number of ether oxygens (including phenoxy) is 1. The van der Waals surface area contributed by atoms with Crippen molar-refractivity contribution in [2.45, 2.75) is 37.8 Å². The second kappa shape index (κ2) is 6.30. The number of rotatable bonds is 4. The molecule has 2 rings (SSSR count). The van der Waals surface area contributed by atoms with Gasteiger partial charge in [-0.05, 0) is 43.7 Å². The maximum absolute atomic E-state index is 11.0. The fourth-order valence-electron chi connectivity index (χ4n) is 2.03. The van der Waals surface area contributed by atoms with Crippen molar-refractivity contribution in [2.75, 3.05) is 5.75 Å². The highest BCUT2D eigenvalue weighted by molar-refractivity contribution is 7.99. The second-order valence-electron chi connectivity index (χ2n) is 4.84. The largest absolute Gasteiger partial charge is 0.491 e. The van der Waals surface area contributed by atoms with Crippen molar-refractivity contribution in [3.05, 3.63) is 29.8 Å². The maximum Gasteiger partial charge on any atom is 0.320 e. The molecule has 4 nitrogen and oxygen atoms in total. The first-order chi connectivity index (χ1) is 9.06. The first kappa shape index (κ1) is 14.2. The van der Waals surface area contributed by atoms with Crippen molar-refractivity contribution >= 4 is 17.7 Å². The predicted molar refractivity (Wildman–Crippen MR) is 76.6 cm³/mol. The van der Waals surface area contributed by atoms with Gasteiger partial charge < -0.3 is 9.84 Å². The Morgan fingerprint density at radius 2 is 2.32 bits per heavy atom. The van der Waals surface area contributed by atoms with Crippen LogP contribution in [-0.4, -0.2) is 29.0 Å². The van der Waals surface area contributed by atoms with Gasteiger partial charge in [0.05, 0.1) is 11.5 Å². The molecule has 0 aromatic heterocycles. The van der Waals surface area contributed by atoms with E-state index < -0.39 is 12.0 Å². The van der Waals surface area contributed by atoms with Crippen LogP contribution in [0.5, 0.6) is 5.75 Å². The number of carbonyl (C=O) groups is 1. The van der Waals surface area contributed by atoms with Gasteiger partial charge in [-0.1, -0.05) is 12.1 Å². The van der Waals surface area contributed by atoms with Crippen molar-refractivity contribution < 1.29 is 14.6 Å². The number of aliphatic carboxylic acids is 1. The van der Waals surface area contributed by atoms with E-state index in [1.807, 2.05) is 38.1 Å². The molecule has 0 amide bonds. The molecule has 0 spiro atoms. The van der Waals surface area contributed by atoms with Gasteiger partial charge in [-0.3, -0.25) is 10.1 Å². The molecule has 0 saturated carbocycles. The SMILES string of the molecule is CC(C)Oc1cccc(C2NC(C(=O)O)CCS2)c1. The van der Waals surface area contributed by atoms with E-state index in [1.54, 1.807) is 11.8 Å². The van der Waals surface area contributed by atoms with Crippen LogP contribution < -0.4 is 10.1 Å². The highest BCUT2D eigenvalue weighted by atomic mass is 32.2. The summed E-state index contributed by atoms with van der Waals surface area (Å²) in [7, 11) is 0. The summed E-state index contributed by atoms with van der Waals surface area (Å²) in [6, 6.07) is 7.39. The molecule has 5 heteroatoms. The molecule has 1 heterocycles. The summed E-state index contributed by atoms with van der Waals surface area (Å²) in [6.45, 7) is 3.97. The Labute approximate surface area is 117 Å². The zero-order valence-electron chi connectivity index (χ0n) is 11.1. The van der Waals surface area contributed by atoms with Gasteiger partial charge in [-0.2, -0.15) is 0 Å². The molecule has 0 aliphatic carbocycles. The zero-order chi connectivity index (χ0) is 13.8. The first-order valence-corrected chi connectivity index (χ1v) is 7.48. The Morgan fingerprint density at radius 1 is 1.53 bits per heavy atom. The van der Waals surface area contributed by atoms with Gasteiger partial charge >= 0.3 is 5.97 Å². The molecule has 2 N–H and O–H groups in total. The summed E-state index contributed by atoms with van der Waals surface area (Å²) in [6.07, 6.45) is 0.799. The van der Waals surface area contributed by atoms with E-state index in [4.69, 9.17) is 9.84 Å². The van der Waals surface area contributed by atoms with Crippen molar-refractivity contribution in [1.29, 1.82) is 0 Å². The first-order valence-electron chi connectivity index (χ1n) is 6.43. The van der Waals surface area contributed by atoms with Crippen LogP contribution in [0, 0.1) is 0 Å². The van der Waals surface area contributed by atoms with Crippen LogP contribution in [0.15, 0.2) is 24.3 Å². The van der Waals surface area contributed by atoms with Crippen LogP contribution in [0.4, 0.5) is 0 Å². The van der Waals surface area contributed by atoms with Crippen LogP contribution in [0.2, 0.25) is 0 Å². The highest BCUT2D eigenvalue weighted by Crippen LogP contribution is 2.33. The minimum absolute atomic E-state index is 0.0190. The number of thioether (sulfide) groups is 1. The number of carboxylic acids is 1. The molecule has 1 aliphatic rings. The van der Waals surface area contributed by atoms with E-state index in [0.29, 0.717) is 6.42 Å². The van der Waals surface area contributed by atoms with Gasteiger partial charge in [0.1, 0.15) is 11.8 Å². The number of nitrogens with one attached hydrogen (secondary N) is 1. The fraction of sp³-hybridized carbons (Fsp3) is 0.500. The van der Waals surface area contributed by atoms with Crippen LogP contribution >= 0.6 is 11.8 Å². The monoisotopic (exact) mass is 281 g/mol. The Morgan fingerprint density at radius 3 is 3.00 bits per heavy atom. The van der Waals surface area contributed by atoms with Gasteiger partial charge in [-0.25, -0.2) is 0 Å². The standard InChI is InChI=1S/C14H19NO3S/c1-9(2)18-11-5-3-4-10(8-11)13-15-12(14(16)17)6-7-19-13/h3-5,8-9,12-13,15H,6-7H2,1-2H3,(H,16,17). The Hall–Kier alpha value is -1.20. The lowest BCUT2D eigenvalue weighted by atomic mass is 10.1. The molecule has 1 fully saturated rings. The zero-order valence-corrected chi connectivity index (χ0v) is 11.9. The van der Waals surface area contributed by atoms with E-state index in [9.17, 15) is 4.79 Å². The second-order valence-corrected chi connectivity index (χ2v) is 6.05. The molecule has 1 aromatic rings. The van der Waals surface area contributed by atoms with Gasteiger partial charge in [0.15, 0.2) is 0 Å². The molecular formula is C14H19NO3S. The molecule has 0 bridgehead atoms. The van der Waals surface area contributed by atoms with E-state index in [-0.39, 0.29) is 11.5 Å². The minimum Gasteiger partial charge on any atom is -0.491 e. The van der Waals surface area contributed by atoms with Gasteiger partial charge in [0, 0.05) is 0 Å². The van der Waals surface area contributed by atoms with Crippen molar-refractivity contribution in [1.82, 2.24) is 5.32 Å². The van der Waals surface area contributed by atoms with Gasteiger partial charge in [-0.15, -0.1) is 11.8 Å². The predicted octanol–water partition coefficient (Wildman–Crippen LogP) is 2.65. The van der Waals surface area contributed by atoms with Gasteiger partial charge in [0.25, 0.3) is 0 Å². The number of hydrogen-bond acceptors (Lipinski definition) is 4. The average Bonchev–Trinajstić information content (AvgIpc) is 2.38. The third-order valence-electron chi connectivity index (χ3n) is 2.87. The van der Waals surface area contributed by atoms with Crippen LogP contribution in [0.3, 0.4) is 0 Å². The lowest BCUT2D eigenvalue weighted by Gasteiger charge is -2.28. The Bertz CT molecular complexity index is 450. The van der Waals surface area contributed by atoms with Crippen molar-refractivity contribution in [3.8, 4) is 5.75 Å². The molecule has 1 saturated heterocycles. The van der Waals surface area contributed by atoms with E-state index in [0.717, 1.165) is 17.1 Å². The quantitative estimate of drug-likeness (QED) is 0.888. The topological polar surface area (TPSA) is 58.6 Å². The van der Waals surface area contributed by atoms with Gasteiger partial charge in [0.2, 0.25) is 0 Å². The Kier molecular flexibility index (Phi) is 4.71. The molecule has 2 unspecified atom stereocenters. The van der Waals surface area contributed by atoms with E-state index >= 15 is 0 Å². The lowest BCUT2D eigenvalue weighted by molar-refractivity contribution is -0.139. The molecule has 19 heavy (non-hydrogen) atoms. The maximum atomic E-state index is 11.0. The highest BCUT2D eigenvalue weighted by Gasteiger charge is 2.27. The molecule has 104 valence electrons. The van der Waals surface area contributed by atoms with Crippen LogP contribution in [0.1, 0.15) is 31.2 Å². The number of carboxylic acid groups (broad SMARTS) is 1. The average molecular weight is 281 g/mol. The summed E-state index contributed by atoms with van der Waals surface area (Å²) in [5.74, 6) is 0.899. The fourth-order valence-corrected chi connectivity index (χ4v) is 3.24. The van der Waals surface area contributed by atoms with Crippen molar-refractivity contribution in [3.63, 3.8) is 0 Å². The molecule has 1 aromatic carbocycles. The minimum atomic E-state index is -0.778. The lowest BCUT2D eigenvalue weighted by Crippen LogP contribution is -2.41. The van der Waals surface area contributed by atoms with E-state index in [1.165, 1.54) is 0 Å². The smallest absolute Gasteiger partial charge is 0.320 e. The number of hydrogen-bond donors (Lipinski definition) is 2. The van der Waals surface area contributed by atoms with E-state index in [2.05, 4.69) is 5.32 Å². The van der Waals surface area contributed by atoms with Crippen molar-refractivity contribution in [2.24, 2.45) is 0 Å². The summed E-state index contributed by atoms with van der Waals surface area (Å²) >= 11 is 1.74. The summed E-state index contributed by atoms with van der Waals surface area (Å²) in [5.41, 5.74) is 1.06. The molecular weight excluding hydrogens is 262 g/mol. The Balaban J connectivity index is 2.10. The van der Waals surface area contributed by atoms with Crippen LogP contribution in [0.25, 0.3) is 0 Å². The summed E-state index contributed by atoms with van der Waals surface area (Å²) in [4.78, 5) is 11.0. The molecule has 0 radical (unpaired) electrons. The normalized spacial score (nSPS) is 23.3. The summed E-state index contributed by atoms with van der Waals surface area (Å²) < 4.78 is 5.67. The number of benzene rings is 1.